The van der Waals surface area contributed by atoms with Gasteiger partial charge in [0.1, 0.15) is 35.2 Å². The minimum Gasteiger partial charge on any atom is -0.469 e. The second kappa shape index (κ2) is 4.73. The van der Waals surface area contributed by atoms with E-state index in [1.807, 2.05) is 0 Å². The van der Waals surface area contributed by atoms with E-state index in [-0.39, 0.29) is 0 Å². The number of aromatic nitrogens is 2. The lowest BCUT2D eigenvalue weighted by Crippen LogP contribution is -1.98. The second-order valence-corrected chi connectivity index (χ2v) is 4.84. The maximum Gasteiger partial charge on any atom is 0.129 e. The van der Waals surface area contributed by atoms with Gasteiger partial charge in [-0.25, -0.2) is 8.78 Å². The van der Waals surface area contributed by atoms with Crippen molar-refractivity contribution in [3.63, 3.8) is 0 Å². The van der Waals surface area contributed by atoms with Gasteiger partial charge in [0.05, 0.1) is 5.56 Å². The van der Waals surface area contributed by atoms with Crippen LogP contribution in [0.2, 0.25) is 0 Å². The summed E-state index contributed by atoms with van der Waals surface area (Å²) in [5, 5.41) is 4.32. The van der Waals surface area contributed by atoms with E-state index in [4.69, 9.17) is 10.2 Å². The number of rotatable bonds is 2. The maximum atomic E-state index is 13.5. The van der Waals surface area contributed by atoms with Crippen LogP contribution in [0.5, 0.6) is 0 Å². The number of anilines is 1. The van der Waals surface area contributed by atoms with Crippen LogP contribution < -0.4 is 5.73 Å². The average Bonchev–Trinajstić information content (AvgIpc) is 2.94. The van der Waals surface area contributed by atoms with Gasteiger partial charge in [-0.15, -0.1) is 0 Å². The molecule has 6 heteroatoms. The van der Waals surface area contributed by atoms with Crippen molar-refractivity contribution in [3.8, 4) is 22.4 Å². The predicted molar refractivity (Wildman–Crippen MR) is 75.4 cm³/mol. The Labute approximate surface area is 119 Å². The molecule has 3 rings (SSSR count). The molecule has 2 N–H and O–H groups in total. The van der Waals surface area contributed by atoms with Gasteiger partial charge in [0.25, 0.3) is 0 Å². The summed E-state index contributed by atoms with van der Waals surface area (Å²) in [5.74, 6) is -0.287. The Morgan fingerprint density at radius 2 is 1.76 bits per heavy atom. The van der Waals surface area contributed by atoms with Crippen LogP contribution in [0.1, 0.15) is 5.76 Å². The van der Waals surface area contributed by atoms with E-state index < -0.39 is 11.6 Å². The highest BCUT2D eigenvalue weighted by atomic mass is 19.1. The van der Waals surface area contributed by atoms with Crippen LogP contribution >= 0.6 is 0 Å². The van der Waals surface area contributed by atoms with Gasteiger partial charge in [-0.05, 0) is 30.7 Å². The molecule has 1 aromatic carbocycles. The molecule has 2 heterocycles. The first-order valence-electron chi connectivity index (χ1n) is 6.30. The Kier molecular flexibility index (Phi) is 3.01. The highest BCUT2D eigenvalue weighted by Gasteiger charge is 2.19. The first-order chi connectivity index (χ1) is 9.95. The molecule has 0 aliphatic rings. The van der Waals surface area contributed by atoms with E-state index in [0.717, 1.165) is 6.07 Å². The molecule has 2 aromatic heterocycles. The Morgan fingerprint density at radius 3 is 2.33 bits per heavy atom. The molecule has 4 nitrogen and oxygen atoms in total. The standard InChI is InChI=1S/C15H13F2N3O/c1-8-3-10(7-21-8)14-13(15(18)20(2)19-14)9-4-11(16)6-12(17)5-9/h3-7H,18H2,1-2H3. The summed E-state index contributed by atoms with van der Waals surface area (Å²) in [5.41, 5.74) is 8.06. The van der Waals surface area contributed by atoms with Crippen molar-refractivity contribution in [2.45, 2.75) is 6.92 Å². The summed E-state index contributed by atoms with van der Waals surface area (Å²) in [7, 11) is 1.67. The minimum atomic E-state index is -0.664. The normalized spacial score (nSPS) is 11.0. The van der Waals surface area contributed by atoms with Crippen LogP contribution in [0.25, 0.3) is 22.4 Å². The molecule has 0 atom stereocenters. The van der Waals surface area contributed by atoms with E-state index in [2.05, 4.69) is 5.10 Å². The number of halogens is 2. The Bertz CT molecular complexity index is 800. The van der Waals surface area contributed by atoms with E-state index >= 15 is 0 Å². The molecular weight excluding hydrogens is 276 g/mol. The fraction of sp³-hybridized carbons (Fsp3) is 0.133. The molecule has 21 heavy (non-hydrogen) atoms. The number of nitrogens with zero attached hydrogens (tertiary/aromatic N) is 2. The molecule has 0 saturated heterocycles. The van der Waals surface area contributed by atoms with E-state index in [0.29, 0.717) is 34.0 Å². The highest BCUT2D eigenvalue weighted by molar-refractivity contribution is 5.88. The van der Waals surface area contributed by atoms with Crippen molar-refractivity contribution >= 4 is 5.82 Å². The monoisotopic (exact) mass is 289 g/mol. The molecule has 0 unspecified atom stereocenters. The molecule has 0 amide bonds. The zero-order valence-corrected chi connectivity index (χ0v) is 11.5. The van der Waals surface area contributed by atoms with Gasteiger partial charge in [-0.3, -0.25) is 4.68 Å². The van der Waals surface area contributed by atoms with Crippen molar-refractivity contribution in [2.75, 3.05) is 5.73 Å². The highest BCUT2D eigenvalue weighted by Crippen LogP contribution is 2.37. The number of nitrogen functional groups attached to an aromatic ring is 1. The maximum absolute atomic E-state index is 13.5. The third kappa shape index (κ3) is 2.29. The van der Waals surface area contributed by atoms with Crippen LogP contribution in [0.4, 0.5) is 14.6 Å². The van der Waals surface area contributed by atoms with Crippen molar-refractivity contribution in [3.05, 3.63) is 47.9 Å². The Balaban J connectivity index is 2.26. The number of furan rings is 1. The molecule has 108 valence electrons. The lowest BCUT2D eigenvalue weighted by Gasteiger charge is -2.04. The Morgan fingerprint density at radius 1 is 1.10 bits per heavy atom. The van der Waals surface area contributed by atoms with E-state index in [1.165, 1.54) is 23.1 Å². The Hall–Kier alpha value is -2.63. The summed E-state index contributed by atoms with van der Waals surface area (Å²) < 4.78 is 33.7. The molecule has 0 saturated carbocycles. The SMILES string of the molecule is Cc1cc(-c2nn(C)c(N)c2-c2cc(F)cc(F)c2)co1. The fourth-order valence-corrected chi connectivity index (χ4v) is 2.29. The van der Waals surface area contributed by atoms with Gasteiger partial charge in [0, 0.05) is 18.7 Å². The summed E-state index contributed by atoms with van der Waals surface area (Å²) in [4.78, 5) is 0. The molecule has 0 aliphatic heterocycles. The molecule has 0 fully saturated rings. The van der Waals surface area contributed by atoms with Crippen LogP contribution in [0.15, 0.2) is 34.9 Å². The van der Waals surface area contributed by atoms with Gasteiger partial charge < -0.3 is 10.2 Å². The number of hydrogen-bond donors (Lipinski definition) is 1. The zero-order chi connectivity index (χ0) is 15.1. The minimum absolute atomic E-state index is 0.328. The van der Waals surface area contributed by atoms with Gasteiger partial charge in [0.15, 0.2) is 0 Å². The van der Waals surface area contributed by atoms with Gasteiger partial charge >= 0.3 is 0 Å². The van der Waals surface area contributed by atoms with Crippen molar-refractivity contribution < 1.29 is 13.2 Å². The fourth-order valence-electron chi connectivity index (χ4n) is 2.29. The second-order valence-electron chi connectivity index (χ2n) is 4.84. The van der Waals surface area contributed by atoms with Gasteiger partial charge in [0.2, 0.25) is 0 Å². The van der Waals surface area contributed by atoms with Gasteiger partial charge in [-0.2, -0.15) is 5.10 Å². The van der Waals surface area contributed by atoms with Crippen molar-refractivity contribution in [1.82, 2.24) is 9.78 Å². The third-order valence-corrected chi connectivity index (χ3v) is 3.25. The first kappa shape index (κ1) is 13.4. The van der Waals surface area contributed by atoms with Crippen LogP contribution in [-0.4, -0.2) is 9.78 Å². The zero-order valence-electron chi connectivity index (χ0n) is 11.5. The van der Waals surface area contributed by atoms with Crippen molar-refractivity contribution in [1.29, 1.82) is 0 Å². The topological polar surface area (TPSA) is 57.0 Å². The quantitative estimate of drug-likeness (QED) is 0.785. The molecular formula is C15H13F2N3O. The van der Waals surface area contributed by atoms with Crippen molar-refractivity contribution in [2.24, 2.45) is 7.05 Å². The summed E-state index contributed by atoms with van der Waals surface area (Å²) in [6.07, 6.45) is 1.54. The molecule has 0 radical (unpaired) electrons. The summed E-state index contributed by atoms with van der Waals surface area (Å²) in [6.45, 7) is 1.80. The smallest absolute Gasteiger partial charge is 0.129 e. The lowest BCUT2D eigenvalue weighted by atomic mass is 10.0. The summed E-state index contributed by atoms with van der Waals surface area (Å²) in [6, 6.07) is 5.07. The van der Waals surface area contributed by atoms with E-state index in [9.17, 15) is 8.78 Å². The number of benzene rings is 1. The van der Waals surface area contributed by atoms with Gasteiger partial charge in [-0.1, -0.05) is 0 Å². The third-order valence-electron chi connectivity index (χ3n) is 3.25. The molecule has 3 aromatic rings. The van der Waals surface area contributed by atoms with Crippen LogP contribution in [-0.2, 0) is 7.05 Å². The molecule has 0 spiro atoms. The lowest BCUT2D eigenvalue weighted by molar-refractivity contribution is 0.535. The summed E-state index contributed by atoms with van der Waals surface area (Å²) >= 11 is 0. The van der Waals surface area contributed by atoms with Crippen LogP contribution in [0.3, 0.4) is 0 Å². The first-order valence-corrected chi connectivity index (χ1v) is 6.30. The predicted octanol–water partition coefficient (Wildman–Crippen LogP) is 3.52. The molecule has 0 aliphatic carbocycles. The van der Waals surface area contributed by atoms with E-state index in [1.54, 1.807) is 20.0 Å². The number of hydrogen-bond acceptors (Lipinski definition) is 3. The number of nitrogens with two attached hydrogens (primary N) is 1. The number of aryl methyl sites for hydroxylation is 2. The average molecular weight is 289 g/mol. The largest absolute Gasteiger partial charge is 0.469 e. The van der Waals surface area contributed by atoms with Crippen LogP contribution in [0, 0.1) is 18.6 Å². The molecule has 0 bridgehead atoms.